The van der Waals surface area contributed by atoms with Crippen LogP contribution in [0.5, 0.6) is 0 Å². The van der Waals surface area contributed by atoms with Crippen molar-refractivity contribution in [2.75, 3.05) is 0 Å². The minimum absolute atomic E-state index is 0.134. The lowest BCUT2D eigenvalue weighted by atomic mass is 10.1. The molecule has 86 valence electrons. The number of rotatable bonds is 3. The van der Waals surface area contributed by atoms with Crippen LogP contribution in [0.15, 0.2) is 35.3 Å². The number of benzene rings is 1. The fraction of sp³-hybridized carbons (Fsp3) is 0.385. The van der Waals surface area contributed by atoms with Crippen molar-refractivity contribution in [1.82, 2.24) is 0 Å². The molecular weight excluding hydrogens is 202 g/mol. The van der Waals surface area contributed by atoms with Crippen LogP contribution in [0.3, 0.4) is 0 Å². The van der Waals surface area contributed by atoms with Crippen LogP contribution in [-0.4, -0.2) is 17.9 Å². The van der Waals surface area contributed by atoms with Gasteiger partial charge in [0.2, 0.25) is 0 Å². The maximum absolute atomic E-state index is 11.4. The van der Waals surface area contributed by atoms with Gasteiger partial charge in [-0.3, -0.25) is 0 Å². The Morgan fingerprint density at radius 1 is 1.31 bits per heavy atom. The average Bonchev–Trinajstić information content (AvgIpc) is 2.26. The lowest BCUT2D eigenvalue weighted by Crippen LogP contribution is -2.10. The fourth-order valence-corrected chi connectivity index (χ4v) is 1.32. The Labute approximate surface area is 96.2 Å². The highest BCUT2D eigenvalue weighted by Gasteiger charge is 2.06. The van der Waals surface area contributed by atoms with Crippen molar-refractivity contribution in [3.63, 3.8) is 0 Å². The van der Waals surface area contributed by atoms with Crippen LogP contribution in [0.25, 0.3) is 0 Å². The molecule has 16 heavy (non-hydrogen) atoms. The van der Waals surface area contributed by atoms with E-state index in [1.807, 2.05) is 51.1 Å². The summed E-state index contributed by atoms with van der Waals surface area (Å²) in [6.07, 6.45) is 0.0536. The molecule has 0 bridgehead atoms. The molecule has 0 fully saturated rings. The van der Waals surface area contributed by atoms with Crippen LogP contribution in [0.2, 0.25) is 0 Å². The Kier molecular flexibility index (Phi) is 4.70. The first-order valence-electron chi connectivity index (χ1n) is 5.47. The van der Waals surface area contributed by atoms with Crippen molar-refractivity contribution < 1.29 is 9.53 Å². The molecule has 0 heterocycles. The van der Waals surface area contributed by atoms with E-state index in [2.05, 4.69) is 4.99 Å². The van der Waals surface area contributed by atoms with Crippen molar-refractivity contribution in [3.05, 3.63) is 35.9 Å². The summed E-state index contributed by atoms with van der Waals surface area (Å²) in [5.74, 6) is 0. The molecule has 1 rings (SSSR count). The van der Waals surface area contributed by atoms with Crippen molar-refractivity contribution >= 4 is 11.8 Å². The first-order chi connectivity index (χ1) is 7.63. The maximum atomic E-state index is 11.4. The molecule has 0 saturated heterocycles. The van der Waals surface area contributed by atoms with Crippen LogP contribution in [0.1, 0.15) is 32.8 Å². The van der Waals surface area contributed by atoms with E-state index in [-0.39, 0.29) is 6.10 Å². The molecule has 3 heteroatoms. The predicted octanol–water partition coefficient (Wildman–Crippen LogP) is 3.43. The lowest BCUT2D eigenvalue weighted by Gasteiger charge is -2.06. The lowest BCUT2D eigenvalue weighted by molar-refractivity contribution is 0.126. The summed E-state index contributed by atoms with van der Waals surface area (Å²) in [5.41, 5.74) is 1.72. The molecule has 1 aromatic rings. The van der Waals surface area contributed by atoms with E-state index in [0.29, 0.717) is 6.42 Å². The van der Waals surface area contributed by atoms with Gasteiger partial charge in [0.25, 0.3) is 0 Å². The smallest absolute Gasteiger partial charge is 0.434 e. The van der Waals surface area contributed by atoms with Gasteiger partial charge in [0.1, 0.15) is 0 Å². The van der Waals surface area contributed by atoms with Crippen molar-refractivity contribution in [2.45, 2.75) is 33.3 Å². The molecule has 1 amide bonds. The predicted molar refractivity (Wildman–Crippen MR) is 64.9 cm³/mol. The summed E-state index contributed by atoms with van der Waals surface area (Å²) in [6.45, 7) is 5.58. The van der Waals surface area contributed by atoms with Gasteiger partial charge in [-0.05, 0) is 25.8 Å². The molecule has 0 saturated carbocycles. The first kappa shape index (κ1) is 12.4. The minimum Gasteiger partial charge on any atom is -0.445 e. The standard InChI is InChI=1S/C13H17NO2/c1-4-12(11-8-6-5-7-9-11)14-13(15)16-10(2)3/h5-10H,4H2,1-3H3/b14-12-. The second kappa shape index (κ2) is 6.05. The number of aliphatic imine (C=N–C) groups is 1. The van der Waals surface area contributed by atoms with E-state index in [1.165, 1.54) is 0 Å². The first-order valence-corrected chi connectivity index (χ1v) is 5.47. The van der Waals surface area contributed by atoms with Crippen LogP contribution >= 0.6 is 0 Å². The van der Waals surface area contributed by atoms with Gasteiger partial charge in [-0.2, -0.15) is 4.99 Å². The van der Waals surface area contributed by atoms with E-state index in [1.54, 1.807) is 0 Å². The third-order valence-corrected chi connectivity index (χ3v) is 2.00. The SMILES string of the molecule is CC/C(=N/C(=O)OC(C)C)c1ccccc1. The Morgan fingerprint density at radius 2 is 1.94 bits per heavy atom. The van der Waals surface area contributed by atoms with E-state index in [0.717, 1.165) is 11.3 Å². The number of carbonyl (C=O) groups is 1. The highest BCUT2D eigenvalue weighted by atomic mass is 16.6. The van der Waals surface area contributed by atoms with Gasteiger partial charge in [-0.25, -0.2) is 4.79 Å². The van der Waals surface area contributed by atoms with E-state index < -0.39 is 6.09 Å². The normalized spacial score (nSPS) is 11.6. The number of nitrogens with zero attached hydrogens (tertiary/aromatic N) is 1. The van der Waals surface area contributed by atoms with Crippen LogP contribution < -0.4 is 0 Å². The monoisotopic (exact) mass is 219 g/mol. The molecule has 0 atom stereocenters. The molecular formula is C13H17NO2. The third-order valence-electron chi connectivity index (χ3n) is 2.00. The van der Waals surface area contributed by atoms with Crippen molar-refractivity contribution in [1.29, 1.82) is 0 Å². The summed E-state index contributed by atoms with van der Waals surface area (Å²) in [5, 5.41) is 0. The van der Waals surface area contributed by atoms with Crippen LogP contribution in [0.4, 0.5) is 4.79 Å². The number of carbonyl (C=O) groups excluding carboxylic acids is 1. The number of hydrogen-bond donors (Lipinski definition) is 0. The molecule has 0 radical (unpaired) electrons. The summed E-state index contributed by atoms with van der Waals surface area (Å²) in [4.78, 5) is 15.3. The molecule has 0 aromatic heterocycles. The second-order valence-corrected chi connectivity index (χ2v) is 3.71. The molecule has 0 N–H and O–H groups in total. The molecule has 0 unspecified atom stereocenters. The zero-order chi connectivity index (χ0) is 12.0. The molecule has 3 nitrogen and oxygen atoms in total. The maximum Gasteiger partial charge on any atom is 0.434 e. The van der Waals surface area contributed by atoms with Gasteiger partial charge in [-0.1, -0.05) is 37.3 Å². The Morgan fingerprint density at radius 3 is 2.44 bits per heavy atom. The zero-order valence-corrected chi connectivity index (χ0v) is 9.93. The molecule has 0 aliphatic heterocycles. The highest BCUT2D eigenvalue weighted by Crippen LogP contribution is 2.05. The summed E-state index contributed by atoms with van der Waals surface area (Å²) in [6, 6.07) is 9.65. The molecule has 1 aromatic carbocycles. The van der Waals surface area contributed by atoms with Gasteiger partial charge in [-0.15, -0.1) is 0 Å². The van der Waals surface area contributed by atoms with Crippen molar-refractivity contribution in [3.8, 4) is 0 Å². The Hall–Kier alpha value is -1.64. The third kappa shape index (κ3) is 3.85. The average molecular weight is 219 g/mol. The van der Waals surface area contributed by atoms with Crippen molar-refractivity contribution in [2.24, 2.45) is 4.99 Å². The Balaban J connectivity index is 2.82. The summed E-state index contributed by atoms with van der Waals surface area (Å²) < 4.78 is 4.98. The van der Waals surface area contributed by atoms with Gasteiger partial charge in [0.05, 0.1) is 11.8 Å². The highest BCUT2D eigenvalue weighted by molar-refractivity contribution is 6.05. The second-order valence-electron chi connectivity index (χ2n) is 3.71. The fourth-order valence-electron chi connectivity index (χ4n) is 1.32. The van der Waals surface area contributed by atoms with Gasteiger partial charge in [0.15, 0.2) is 0 Å². The summed E-state index contributed by atoms with van der Waals surface area (Å²) >= 11 is 0. The minimum atomic E-state index is -0.518. The number of hydrogen-bond acceptors (Lipinski definition) is 2. The van der Waals surface area contributed by atoms with Gasteiger partial charge >= 0.3 is 6.09 Å². The largest absolute Gasteiger partial charge is 0.445 e. The summed E-state index contributed by atoms with van der Waals surface area (Å²) in [7, 11) is 0. The molecule has 0 aliphatic rings. The van der Waals surface area contributed by atoms with Gasteiger partial charge in [0, 0.05) is 0 Å². The topological polar surface area (TPSA) is 38.7 Å². The van der Waals surface area contributed by atoms with Crippen LogP contribution in [-0.2, 0) is 4.74 Å². The number of amides is 1. The van der Waals surface area contributed by atoms with Gasteiger partial charge < -0.3 is 4.74 Å². The zero-order valence-electron chi connectivity index (χ0n) is 9.93. The molecule has 0 spiro atoms. The quantitative estimate of drug-likeness (QED) is 0.730. The molecule has 0 aliphatic carbocycles. The number of ether oxygens (including phenoxy) is 1. The van der Waals surface area contributed by atoms with E-state index in [4.69, 9.17) is 4.74 Å². The van der Waals surface area contributed by atoms with E-state index in [9.17, 15) is 4.79 Å². The Bertz CT molecular complexity index is 369. The van der Waals surface area contributed by atoms with Crippen LogP contribution in [0, 0.1) is 0 Å². The van der Waals surface area contributed by atoms with E-state index >= 15 is 0 Å².